The summed E-state index contributed by atoms with van der Waals surface area (Å²) in [5.41, 5.74) is 0.157. The Kier molecular flexibility index (Phi) is 5.55. The van der Waals surface area contributed by atoms with Crippen LogP contribution in [0.4, 0.5) is 0 Å². The van der Waals surface area contributed by atoms with Gasteiger partial charge in [0.1, 0.15) is 11.6 Å². The van der Waals surface area contributed by atoms with Crippen molar-refractivity contribution in [3.8, 4) is 6.07 Å². The molecule has 0 unspecified atom stereocenters. The first-order valence-electron chi connectivity index (χ1n) is 6.30. The van der Waals surface area contributed by atoms with Gasteiger partial charge in [0.25, 0.3) is 5.91 Å². The maximum absolute atomic E-state index is 11.8. The third kappa shape index (κ3) is 4.90. The summed E-state index contributed by atoms with van der Waals surface area (Å²) in [6.07, 6.45) is 7.15. The smallest absolute Gasteiger partial charge is 0.263 e. The van der Waals surface area contributed by atoms with Crippen molar-refractivity contribution in [2.24, 2.45) is 0 Å². The van der Waals surface area contributed by atoms with E-state index in [9.17, 15) is 4.79 Å². The van der Waals surface area contributed by atoms with Gasteiger partial charge in [-0.2, -0.15) is 5.26 Å². The molecule has 0 aromatic carbocycles. The molecule has 4 heteroatoms. The first-order valence-corrected chi connectivity index (χ1v) is 6.30. The highest BCUT2D eigenvalue weighted by Gasteiger charge is 2.17. The van der Waals surface area contributed by atoms with Crippen LogP contribution in [0.1, 0.15) is 46.0 Å². The van der Waals surface area contributed by atoms with Gasteiger partial charge in [-0.25, -0.2) is 0 Å². The Bertz CT molecular complexity index is 322. The molecule has 1 aliphatic rings. The molecule has 1 rings (SSSR count). The van der Waals surface area contributed by atoms with E-state index in [1.54, 1.807) is 0 Å². The standard InChI is InChI=1S/C13H21N3O/c1-10(2)15-9-11(8-14)13(17)16-12-6-4-3-5-7-12/h9-10,12,15H,3-7H2,1-2H3,(H,16,17)/b11-9-. The van der Waals surface area contributed by atoms with Crippen molar-refractivity contribution in [1.82, 2.24) is 10.6 Å². The molecule has 0 spiro atoms. The number of carbonyl (C=O) groups excluding carboxylic acids is 1. The van der Waals surface area contributed by atoms with Gasteiger partial charge in [-0.15, -0.1) is 0 Å². The zero-order valence-corrected chi connectivity index (χ0v) is 10.6. The molecule has 1 fully saturated rings. The molecule has 1 aliphatic carbocycles. The van der Waals surface area contributed by atoms with Crippen molar-refractivity contribution in [1.29, 1.82) is 5.26 Å². The Hall–Kier alpha value is -1.50. The molecule has 0 aromatic heterocycles. The maximum Gasteiger partial charge on any atom is 0.263 e. The van der Waals surface area contributed by atoms with E-state index in [1.807, 2.05) is 19.9 Å². The van der Waals surface area contributed by atoms with Crippen LogP contribution < -0.4 is 10.6 Å². The molecule has 94 valence electrons. The normalized spacial score (nSPS) is 17.6. The first kappa shape index (κ1) is 13.6. The summed E-state index contributed by atoms with van der Waals surface area (Å²) in [5.74, 6) is -0.257. The maximum atomic E-state index is 11.8. The number of nitrogens with zero attached hydrogens (tertiary/aromatic N) is 1. The van der Waals surface area contributed by atoms with Gasteiger partial charge < -0.3 is 10.6 Å². The molecule has 2 N–H and O–H groups in total. The lowest BCUT2D eigenvalue weighted by Gasteiger charge is -2.22. The molecule has 0 radical (unpaired) electrons. The molecule has 0 aromatic rings. The van der Waals surface area contributed by atoms with Gasteiger partial charge in [-0.05, 0) is 26.7 Å². The van der Waals surface area contributed by atoms with Gasteiger partial charge in [-0.1, -0.05) is 19.3 Å². The summed E-state index contributed by atoms with van der Waals surface area (Å²) in [7, 11) is 0. The SMILES string of the molecule is CC(C)N/C=C(/C#N)C(=O)NC1CCCCC1. The number of amides is 1. The second-order valence-electron chi connectivity index (χ2n) is 4.80. The average molecular weight is 235 g/mol. The Labute approximate surface area is 103 Å². The number of rotatable bonds is 4. The lowest BCUT2D eigenvalue weighted by molar-refractivity contribution is -0.118. The number of carbonyl (C=O) groups is 1. The predicted molar refractivity (Wildman–Crippen MR) is 67.0 cm³/mol. The van der Waals surface area contributed by atoms with Crippen LogP contribution in [0.25, 0.3) is 0 Å². The quantitative estimate of drug-likeness (QED) is 0.577. The van der Waals surface area contributed by atoms with Gasteiger partial charge in [0.15, 0.2) is 0 Å². The molecule has 1 amide bonds. The molecule has 0 saturated heterocycles. The highest BCUT2D eigenvalue weighted by molar-refractivity contribution is 5.97. The Morgan fingerprint density at radius 3 is 2.53 bits per heavy atom. The van der Waals surface area contributed by atoms with Crippen molar-refractivity contribution in [2.75, 3.05) is 0 Å². The summed E-state index contributed by atoms with van der Waals surface area (Å²) in [6.45, 7) is 3.93. The third-order valence-electron chi connectivity index (χ3n) is 2.87. The van der Waals surface area contributed by atoms with Crippen LogP contribution in [0.3, 0.4) is 0 Å². The molecule has 0 heterocycles. The Morgan fingerprint density at radius 2 is 2.00 bits per heavy atom. The van der Waals surface area contributed by atoms with Crippen LogP contribution in [-0.2, 0) is 4.79 Å². The fourth-order valence-corrected chi connectivity index (χ4v) is 1.91. The fraction of sp³-hybridized carbons (Fsp3) is 0.692. The molecule has 1 saturated carbocycles. The Morgan fingerprint density at radius 1 is 1.35 bits per heavy atom. The lowest BCUT2D eigenvalue weighted by atomic mass is 9.95. The molecule has 0 aliphatic heterocycles. The number of nitriles is 1. The summed E-state index contributed by atoms with van der Waals surface area (Å²) in [4.78, 5) is 11.8. The van der Waals surface area contributed by atoms with Crippen molar-refractivity contribution in [3.05, 3.63) is 11.8 Å². The van der Waals surface area contributed by atoms with E-state index in [2.05, 4.69) is 10.6 Å². The minimum Gasteiger partial charge on any atom is -0.387 e. The molecular weight excluding hydrogens is 214 g/mol. The van der Waals surface area contributed by atoms with E-state index in [1.165, 1.54) is 25.5 Å². The summed E-state index contributed by atoms with van der Waals surface area (Å²) >= 11 is 0. The summed E-state index contributed by atoms with van der Waals surface area (Å²) in [5, 5.41) is 14.8. The average Bonchev–Trinajstić information content (AvgIpc) is 2.30. The predicted octanol–water partition coefficient (Wildman–Crippen LogP) is 1.84. The minimum atomic E-state index is -0.257. The van der Waals surface area contributed by atoms with Crippen LogP contribution in [0.5, 0.6) is 0 Å². The van der Waals surface area contributed by atoms with E-state index in [0.29, 0.717) is 0 Å². The molecule has 4 nitrogen and oxygen atoms in total. The topological polar surface area (TPSA) is 64.9 Å². The van der Waals surface area contributed by atoms with Crippen LogP contribution in [0.2, 0.25) is 0 Å². The zero-order chi connectivity index (χ0) is 12.7. The monoisotopic (exact) mass is 235 g/mol. The highest BCUT2D eigenvalue weighted by Crippen LogP contribution is 2.17. The second-order valence-corrected chi connectivity index (χ2v) is 4.80. The van der Waals surface area contributed by atoms with Crippen molar-refractivity contribution < 1.29 is 4.79 Å². The molecule has 17 heavy (non-hydrogen) atoms. The van der Waals surface area contributed by atoms with Crippen LogP contribution >= 0.6 is 0 Å². The number of nitrogens with one attached hydrogen (secondary N) is 2. The molecule has 0 atom stereocenters. The highest BCUT2D eigenvalue weighted by atomic mass is 16.1. The van der Waals surface area contributed by atoms with Gasteiger partial charge in [0, 0.05) is 18.3 Å². The largest absolute Gasteiger partial charge is 0.387 e. The lowest BCUT2D eigenvalue weighted by Crippen LogP contribution is -2.37. The summed E-state index contributed by atoms with van der Waals surface area (Å²) < 4.78 is 0. The third-order valence-corrected chi connectivity index (χ3v) is 2.87. The van der Waals surface area contributed by atoms with E-state index < -0.39 is 0 Å². The molecule has 0 bridgehead atoms. The number of hydrogen-bond acceptors (Lipinski definition) is 3. The fourth-order valence-electron chi connectivity index (χ4n) is 1.91. The van der Waals surface area contributed by atoms with Gasteiger partial charge >= 0.3 is 0 Å². The minimum absolute atomic E-state index is 0.157. The van der Waals surface area contributed by atoms with Crippen molar-refractivity contribution in [3.63, 3.8) is 0 Å². The van der Waals surface area contributed by atoms with Gasteiger partial charge in [0.05, 0.1) is 0 Å². The van der Waals surface area contributed by atoms with Crippen molar-refractivity contribution >= 4 is 5.91 Å². The van der Waals surface area contributed by atoms with Crippen molar-refractivity contribution in [2.45, 2.75) is 58.0 Å². The van der Waals surface area contributed by atoms with E-state index >= 15 is 0 Å². The summed E-state index contributed by atoms with van der Waals surface area (Å²) in [6, 6.07) is 2.40. The van der Waals surface area contributed by atoms with Crippen LogP contribution in [0, 0.1) is 11.3 Å². The van der Waals surface area contributed by atoms with E-state index in [-0.39, 0.29) is 23.6 Å². The first-order chi connectivity index (χ1) is 8.13. The van der Waals surface area contributed by atoms with Gasteiger partial charge in [0.2, 0.25) is 0 Å². The molecular formula is C13H21N3O. The zero-order valence-electron chi connectivity index (χ0n) is 10.6. The second kappa shape index (κ2) is 6.95. The number of hydrogen-bond donors (Lipinski definition) is 2. The Balaban J connectivity index is 2.48. The van der Waals surface area contributed by atoms with E-state index in [4.69, 9.17) is 5.26 Å². The van der Waals surface area contributed by atoms with E-state index in [0.717, 1.165) is 12.8 Å². The van der Waals surface area contributed by atoms with Crippen LogP contribution in [-0.4, -0.2) is 18.0 Å². The van der Waals surface area contributed by atoms with Crippen LogP contribution in [0.15, 0.2) is 11.8 Å². The van der Waals surface area contributed by atoms with Gasteiger partial charge in [-0.3, -0.25) is 4.79 Å².